The van der Waals surface area contributed by atoms with E-state index in [1.54, 1.807) is 0 Å². The number of fused-ring (bicyclic) bond motifs is 1. The van der Waals surface area contributed by atoms with Crippen molar-refractivity contribution in [2.24, 2.45) is 0 Å². The van der Waals surface area contributed by atoms with Crippen LogP contribution in [-0.4, -0.2) is 36.4 Å². The van der Waals surface area contributed by atoms with E-state index in [-0.39, 0.29) is 24.3 Å². The Balaban J connectivity index is 2.11. The number of hydrogen-bond donors (Lipinski definition) is 0. The molecule has 0 saturated carbocycles. The molecule has 16 heavy (non-hydrogen) atoms. The van der Waals surface area contributed by atoms with Crippen molar-refractivity contribution in [2.45, 2.75) is 64.5 Å². The molecule has 0 aromatic rings. The Kier molecular flexibility index (Phi) is 2.94. The molecule has 0 bridgehead atoms. The third-order valence-corrected chi connectivity index (χ3v) is 2.79. The molecule has 2 saturated heterocycles. The summed E-state index contributed by atoms with van der Waals surface area (Å²) in [6.07, 6.45) is -0.378. The lowest BCUT2D eigenvalue weighted by Crippen LogP contribution is -2.32. The van der Waals surface area contributed by atoms with Crippen LogP contribution in [0.15, 0.2) is 0 Å². The van der Waals surface area contributed by atoms with Gasteiger partial charge in [-0.25, -0.2) is 0 Å². The van der Waals surface area contributed by atoms with Crippen LogP contribution in [0.5, 0.6) is 0 Å². The predicted molar refractivity (Wildman–Crippen MR) is 54.5 cm³/mol. The van der Waals surface area contributed by atoms with E-state index in [9.17, 15) is 4.79 Å². The van der Waals surface area contributed by atoms with Gasteiger partial charge in [-0.1, -0.05) is 6.92 Å². The Morgan fingerprint density at radius 2 is 1.94 bits per heavy atom. The Labute approximate surface area is 95.0 Å². The average Bonchev–Trinajstić information content (AvgIpc) is 2.60. The summed E-state index contributed by atoms with van der Waals surface area (Å²) in [6, 6.07) is 0. The van der Waals surface area contributed by atoms with Gasteiger partial charge >= 0.3 is 5.97 Å². The number of carbonyl (C=O) groups excluding carboxylic acids is 1. The Hall–Kier alpha value is -0.650. The molecule has 5 heteroatoms. The zero-order valence-corrected chi connectivity index (χ0v) is 10.1. The van der Waals surface area contributed by atoms with Gasteiger partial charge in [-0.05, 0) is 20.3 Å². The lowest BCUT2D eigenvalue weighted by molar-refractivity contribution is -0.231. The van der Waals surface area contributed by atoms with Gasteiger partial charge in [0.2, 0.25) is 6.29 Å². The van der Waals surface area contributed by atoms with E-state index in [2.05, 4.69) is 0 Å². The molecule has 0 aromatic heterocycles. The molecule has 5 nitrogen and oxygen atoms in total. The standard InChI is InChI=1S/C11H18O5/c1-5-7-8-9(16-11(3,4)15-8)10(14-7)13-6(2)12/h7-10H,5H2,1-4H3/t7-,8-,9-,10?/m1/s1. The molecule has 1 unspecified atom stereocenters. The summed E-state index contributed by atoms with van der Waals surface area (Å²) >= 11 is 0. The van der Waals surface area contributed by atoms with Crippen LogP contribution in [0.1, 0.15) is 34.1 Å². The quantitative estimate of drug-likeness (QED) is 0.667. The van der Waals surface area contributed by atoms with E-state index in [4.69, 9.17) is 18.9 Å². The van der Waals surface area contributed by atoms with Crippen LogP contribution >= 0.6 is 0 Å². The molecule has 0 radical (unpaired) electrons. The number of esters is 1. The van der Waals surface area contributed by atoms with Crippen LogP contribution in [0.3, 0.4) is 0 Å². The fourth-order valence-electron chi connectivity index (χ4n) is 2.23. The number of ether oxygens (including phenoxy) is 4. The van der Waals surface area contributed by atoms with Crippen LogP contribution in [0.25, 0.3) is 0 Å². The topological polar surface area (TPSA) is 54.0 Å². The highest BCUT2D eigenvalue weighted by atomic mass is 16.8. The van der Waals surface area contributed by atoms with Gasteiger partial charge in [0.15, 0.2) is 11.9 Å². The van der Waals surface area contributed by atoms with Crippen molar-refractivity contribution in [3.8, 4) is 0 Å². The van der Waals surface area contributed by atoms with Crippen LogP contribution in [0, 0.1) is 0 Å². The highest BCUT2D eigenvalue weighted by molar-refractivity contribution is 5.66. The molecule has 0 aromatic carbocycles. The molecule has 2 aliphatic heterocycles. The minimum absolute atomic E-state index is 0.0730. The van der Waals surface area contributed by atoms with E-state index in [1.165, 1.54) is 6.92 Å². The van der Waals surface area contributed by atoms with Gasteiger partial charge in [-0.15, -0.1) is 0 Å². The van der Waals surface area contributed by atoms with Crippen molar-refractivity contribution < 1.29 is 23.7 Å². The van der Waals surface area contributed by atoms with Crippen LogP contribution in [-0.2, 0) is 23.7 Å². The van der Waals surface area contributed by atoms with E-state index in [1.807, 2.05) is 20.8 Å². The van der Waals surface area contributed by atoms with Crippen molar-refractivity contribution in [2.75, 3.05) is 0 Å². The van der Waals surface area contributed by atoms with Gasteiger partial charge in [0.25, 0.3) is 0 Å². The summed E-state index contributed by atoms with van der Waals surface area (Å²) in [4.78, 5) is 10.9. The third kappa shape index (κ3) is 2.07. The molecule has 4 atom stereocenters. The molecule has 2 heterocycles. The van der Waals surface area contributed by atoms with Gasteiger partial charge in [-0.2, -0.15) is 0 Å². The normalized spacial score (nSPS) is 40.8. The molecule has 0 spiro atoms. The highest BCUT2D eigenvalue weighted by Crippen LogP contribution is 2.39. The zero-order valence-electron chi connectivity index (χ0n) is 10.1. The van der Waals surface area contributed by atoms with Crippen LogP contribution in [0.2, 0.25) is 0 Å². The minimum atomic E-state index is -0.644. The first-order chi connectivity index (χ1) is 7.43. The Morgan fingerprint density at radius 1 is 1.31 bits per heavy atom. The van der Waals surface area contributed by atoms with Crippen molar-refractivity contribution in [3.05, 3.63) is 0 Å². The summed E-state index contributed by atoms with van der Waals surface area (Å²) in [7, 11) is 0. The molecule has 92 valence electrons. The molecular weight excluding hydrogens is 212 g/mol. The number of carbonyl (C=O) groups is 1. The molecule has 0 amide bonds. The lowest BCUT2D eigenvalue weighted by atomic mass is 10.1. The molecular formula is C11H18O5. The largest absolute Gasteiger partial charge is 0.433 e. The maximum atomic E-state index is 10.9. The monoisotopic (exact) mass is 230 g/mol. The summed E-state index contributed by atoms with van der Waals surface area (Å²) in [5.74, 6) is -1.00. The second-order valence-electron chi connectivity index (χ2n) is 4.63. The fraction of sp³-hybridized carbons (Fsp3) is 0.909. The van der Waals surface area contributed by atoms with E-state index < -0.39 is 12.1 Å². The van der Waals surface area contributed by atoms with Crippen molar-refractivity contribution >= 4 is 5.97 Å². The van der Waals surface area contributed by atoms with Crippen LogP contribution < -0.4 is 0 Å². The first-order valence-corrected chi connectivity index (χ1v) is 5.61. The maximum Gasteiger partial charge on any atom is 0.305 e. The second-order valence-corrected chi connectivity index (χ2v) is 4.63. The molecule has 2 aliphatic rings. The first kappa shape index (κ1) is 11.8. The number of rotatable bonds is 2. The molecule has 0 N–H and O–H groups in total. The minimum Gasteiger partial charge on any atom is -0.433 e. The molecule has 0 aliphatic carbocycles. The maximum absolute atomic E-state index is 10.9. The SMILES string of the molecule is CC[C@H]1OC(OC(C)=O)[C@@H]2OC(C)(C)O[C@H]12. The zero-order chi connectivity index (χ0) is 11.9. The van der Waals surface area contributed by atoms with E-state index in [0.717, 1.165) is 6.42 Å². The van der Waals surface area contributed by atoms with Gasteiger partial charge in [0, 0.05) is 6.92 Å². The lowest BCUT2D eigenvalue weighted by Gasteiger charge is -2.23. The van der Waals surface area contributed by atoms with E-state index in [0.29, 0.717) is 0 Å². The summed E-state index contributed by atoms with van der Waals surface area (Å²) in [6.45, 7) is 7.07. The summed E-state index contributed by atoms with van der Waals surface area (Å²) in [5.41, 5.74) is 0. The first-order valence-electron chi connectivity index (χ1n) is 5.61. The summed E-state index contributed by atoms with van der Waals surface area (Å²) in [5, 5.41) is 0. The van der Waals surface area contributed by atoms with Crippen molar-refractivity contribution in [3.63, 3.8) is 0 Å². The average molecular weight is 230 g/mol. The number of hydrogen-bond acceptors (Lipinski definition) is 5. The summed E-state index contributed by atoms with van der Waals surface area (Å²) < 4.78 is 22.1. The fourth-order valence-corrected chi connectivity index (χ4v) is 2.23. The third-order valence-electron chi connectivity index (χ3n) is 2.79. The smallest absolute Gasteiger partial charge is 0.305 e. The van der Waals surface area contributed by atoms with E-state index >= 15 is 0 Å². The predicted octanol–water partition coefficient (Wildman–Crippen LogP) is 1.20. The molecule has 2 fully saturated rings. The van der Waals surface area contributed by atoms with Gasteiger partial charge in [0.1, 0.15) is 6.10 Å². The van der Waals surface area contributed by atoms with Crippen LogP contribution in [0.4, 0.5) is 0 Å². The Bertz CT molecular complexity index is 288. The van der Waals surface area contributed by atoms with Gasteiger partial charge in [0.05, 0.1) is 6.10 Å². The van der Waals surface area contributed by atoms with Crippen molar-refractivity contribution in [1.82, 2.24) is 0 Å². The second kappa shape index (κ2) is 3.98. The van der Waals surface area contributed by atoms with Gasteiger partial charge < -0.3 is 18.9 Å². The Morgan fingerprint density at radius 3 is 2.50 bits per heavy atom. The molecule has 2 rings (SSSR count). The van der Waals surface area contributed by atoms with Crippen molar-refractivity contribution in [1.29, 1.82) is 0 Å². The van der Waals surface area contributed by atoms with Gasteiger partial charge in [-0.3, -0.25) is 4.79 Å². The highest BCUT2D eigenvalue weighted by Gasteiger charge is 2.55.